The summed E-state index contributed by atoms with van der Waals surface area (Å²) in [7, 11) is 0. The molecule has 0 fully saturated rings. The molecule has 0 saturated heterocycles. The molecule has 5 aromatic rings. The molecular weight excluding hydrogens is 665 g/mol. The Morgan fingerprint density at radius 1 is 0.600 bits per heavy atom. The Balaban J connectivity index is 0.000000223. The summed E-state index contributed by atoms with van der Waals surface area (Å²) >= 11 is 0. The maximum Gasteiger partial charge on any atom is 0.0190 e. The summed E-state index contributed by atoms with van der Waals surface area (Å²) in [6, 6.07) is 34.1. The van der Waals surface area contributed by atoms with Gasteiger partial charge in [0, 0.05) is 32.5 Å². The summed E-state index contributed by atoms with van der Waals surface area (Å²) in [5, 5.41) is 0. The second-order valence-corrected chi connectivity index (χ2v) is 11.7. The van der Waals surface area contributed by atoms with Crippen LogP contribution in [-0.2, 0) is 30.9 Å². The summed E-state index contributed by atoms with van der Waals surface area (Å²) in [4.78, 5) is 8.88. The van der Waals surface area contributed by atoms with Crippen molar-refractivity contribution >= 4 is 0 Å². The van der Waals surface area contributed by atoms with E-state index in [2.05, 4.69) is 119 Å². The van der Waals surface area contributed by atoms with E-state index >= 15 is 0 Å². The SMILES string of the molecule is Cc1ccc(-c2[c-]cc3c(c2)-c2ccc(C)cc2C(C)(C)C3(C)C)nc1.Cc1ccnc(-c2[c-]cccc2)c1.[Ir]. The summed E-state index contributed by atoms with van der Waals surface area (Å²) in [6.45, 7) is 15.8. The Bertz CT molecular complexity index is 1620. The maximum absolute atomic E-state index is 4.60. The van der Waals surface area contributed by atoms with Gasteiger partial charge in [-0.15, -0.1) is 65.2 Å². The second kappa shape index (κ2) is 11.6. The van der Waals surface area contributed by atoms with Gasteiger partial charge in [0.15, 0.2) is 0 Å². The van der Waals surface area contributed by atoms with Crippen LogP contribution in [0, 0.1) is 32.9 Å². The van der Waals surface area contributed by atoms with Gasteiger partial charge in [-0.25, -0.2) is 0 Å². The van der Waals surface area contributed by atoms with Gasteiger partial charge in [0.2, 0.25) is 0 Å². The Morgan fingerprint density at radius 3 is 2.00 bits per heavy atom. The molecule has 40 heavy (non-hydrogen) atoms. The van der Waals surface area contributed by atoms with E-state index in [1.807, 2.05) is 42.7 Å². The smallest absolute Gasteiger partial charge is 0.0190 e. The molecule has 0 bridgehead atoms. The first kappa shape index (κ1) is 29.6. The topological polar surface area (TPSA) is 25.8 Å². The van der Waals surface area contributed by atoms with Crippen molar-refractivity contribution in [3.63, 3.8) is 0 Å². The number of hydrogen-bond acceptors (Lipinski definition) is 2. The fourth-order valence-electron chi connectivity index (χ4n) is 5.33. The summed E-state index contributed by atoms with van der Waals surface area (Å²) in [5.74, 6) is 0. The van der Waals surface area contributed by atoms with Gasteiger partial charge in [-0.3, -0.25) is 0 Å². The quantitative estimate of drug-likeness (QED) is 0.172. The molecule has 2 heterocycles. The van der Waals surface area contributed by atoms with Gasteiger partial charge in [0.25, 0.3) is 0 Å². The fraction of sp³-hybridized carbons (Fsp3) is 0.243. The van der Waals surface area contributed by atoms with E-state index in [0.717, 1.165) is 22.5 Å². The van der Waals surface area contributed by atoms with Crippen LogP contribution in [0.5, 0.6) is 0 Å². The first-order valence-corrected chi connectivity index (χ1v) is 13.6. The predicted molar refractivity (Wildman–Crippen MR) is 163 cm³/mol. The van der Waals surface area contributed by atoms with E-state index in [-0.39, 0.29) is 30.9 Å². The predicted octanol–water partition coefficient (Wildman–Crippen LogP) is 9.26. The molecule has 1 radical (unpaired) electrons. The van der Waals surface area contributed by atoms with Crippen LogP contribution in [0.3, 0.4) is 0 Å². The average molecular weight is 701 g/mol. The van der Waals surface area contributed by atoms with Gasteiger partial charge in [-0.1, -0.05) is 80.8 Å². The van der Waals surface area contributed by atoms with Gasteiger partial charge in [-0.05, 0) is 65.7 Å². The third-order valence-corrected chi connectivity index (χ3v) is 8.41. The Labute approximate surface area is 253 Å². The van der Waals surface area contributed by atoms with Crippen LogP contribution in [0.2, 0.25) is 0 Å². The van der Waals surface area contributed by atoms with Crippen molar-refractivity contribution < 1.29 is 20.1 Å². The molecule has 0 aliphatic heterocycles. The molecule has 1 aliphatic carbocycles. The molecule has 0 atom stereocenters. The summed E-state index contributed by atoms with van der Waals surface area (Å²) in [6.07, 6.45) is 3.75. The summed E-state index contributed by atoms with van der Waals surface area (Å²) in [5.41, 5.74) is 13.3. The van der Waals surface area contributed by atoms with Crippen LogP contribution in [0.1, 0.15) is 55.5 Å². The van der Waals surface area contributed by atoms with Gasteiger partial charge in [-0.2, -0.15) is 0 Å². The van der Waals surface area contributed by atoms with Crippen LogP contribution in [0.4, 0.5) is 0 Å². The minimum absolute atomic E-state index is 0. The molecule has 0 N–H and O–H groups in total. The van der Waals surface area contributed by atoms with E-state index in [1.54, 1.807) is 0 Å². The van der Waals surface area contributed by atoms with Crippen LogP contribution >= 0.6 is 0 Å². The number of aryl methyl sites for hydroxylation is 3. The standard InChI is InChI=1S/C25H26N.C12H10N.Ir/c1-16-7-10-19-20-14-18(23-12-8-17(2)15-26-23)9-11-21(20)24(3,4)25(5,6)22(19)13-16;1-10-7-8-13-12(9-10)11-5-3-2-4-6-11;/h7-8,10-15H,1-6H3;2-5,7-9H,1H3;/q2*-1;. The number of benzene rings is 3. The van der Waals surface area contributed by atoms with Crippen molar-refractivity contribution in [2.24, 2.45) is 0 Å². The molecule has 0 unspecified atom stereocenters. The minimum Gasteiger partial charge on any atom is -0.305 e. The number of pyridine rings is 2. The average Bonchev–Trinajstić information content (AvgIpc) is 2.93. The zero-order valence-corrected chi connectivity index (χ0v) is 26.8. The molecule has 1 aliphatic rings. The van der Waals surface area contributed by atoms with Crippen LogP contribution < -0.4 is 0 Å². The molecule has 2 nitrogen and oxygen atoms in total. The molecule has 0 saturated carbocycles. The molecule has 0 spiro atoms. The van der Waals surface area contributed by atoms with Crippen LogP contribution in [0.25, 0.3) is 33.6 Å². The van der Waals surface area contributed by atoms with Gasteiger partial charge >= 0.3 is 0 Å². The van der Waals surface area contributed by atoms with E-state index in [1.165, 1.54) is 38.9 Å². The zero-order chi connectivity index (χ0) is 27.8. The van der Waals surface area contributed by atoms with Gasteiger partial charge < -0.3 is 9.97 Å². The van der Waals surface area contributed by atoms with E-state index in [9.17, 15) is 0 Å². The van der Waals surface area contributed by atoms with Crippen molar-refractivity contribution in [1.82, 2.24) is 9.97 Å². The largest absolute Gasteiger partial charge is 0.305 e. The molecule has 6 rings (SSSR count). The molecule has 3 heteroatoms. The second-order valence-electron chi connectivity index (χ2n) is 11.7. The van der Waals surface area contributed by atoms with Crippen molar-refractivity contribution in [2.75, 3.05) is 0 Å². The third-order valence-electron chi connectivity index (χ3n) is 8.41. The number of nitrogens with zero attached hydrogens (tertiary/aromatic N) is 2. The van der Waals surface area contributed by atoms with Crippen LogP contribution in [-0.4, -0.2) is 9.97 Å². The molecule has 3 aromatic carbocycles. The molecule has 2 aromatic heterocycles. The first-order valence-electron chi connectivity index (χ1n) is 13.6. The number of hydrogen-bond donors (Lipinski definition) is 0. The summed E-state index contributed by atoms with van der Waals surface area (Å²) < 4.78 is 0. The zero-order valence-electron chi connectivity index (χ0n) is 24.4. The van der Waals surface area contributed by atoms with Gasteiger partial charge in [0.1, 0.15) is 0 Å². The van der Waals surface area contributed by atoms with E-state index in [4.69, 9.17) is 0 Å². The molecule has 205 valence electrons. The Kier molecular flexibility index (Phi) is 8.59. The molecular formula is C37H36IrN2-2. The van der Waals surface area contributed by atoms with Crippen molar-refractivity contribution in [1.29, 1.82) is 0 Å². The van der Waals surface area contributed by atoms with Crippen molar-refractivity contribution in [3.8, 4) is 33.6 Å². The number of rotatable bonds is 2. The van der Waals surface area contributed by atoms with Crippen molar-refractivity contribution in [3.05, 3.63) is 131 Å². The third kappa shape index (κ3) is 5.59. The fourth-order valence-corrected chi connectivity index (χ4v) is 5.33. The van der Waals surface area contributed by atoms with E-state index < -0.39 is 0 Å². The minimum atomic E-state index is 0. The monoisotopic (exact) mass is 701 g/mol. The van der Waals surface area contributed by atoms with E-state index in [0.29, 0.717) is 0 Å². The number of fused-ring (bicyclic) bond motifs is 3. The first-order chi connectivity index (χ1) is 18.6. The normalized spacial score (nSPS) is 14.1. The Morgan fingerprint density at radius 2 is 1.32 bits per heavy atom. The van der Waals surface area contributed by atoms with Crippen LogP contribution in [0.15, 0.2) is 91.3 Å². The Hall–Kier alpha value is -3.39. The maximum atomic E-state index is 4.60. The van der Waals surface area contributed by atoms with Crippen molar-refractivity contribution in [2.45, 2.75) is 59.3 Å². The van der Waals surface area contributed by atoms with Gasteiger partial charge in [0.05, 0.1) is 0 Å². The molecule has 0 amide bonds. The number of aromatic nitrogens is 2.